The van der Waals surface area contributed by atoms with Gasteiger partial charge in [-0.2, -0.15) is 0 Å². The van der Waals surface area contributed by atoms with Gasteiger partial charge >= 0.3 is 0 Å². The summed E-state index contributed by atoms with van der Waals surface area (Å²) in [6.07, 6.45) is 19.2. The Hall–Kier alpha value is -2.58. The van der Waals surface area contributed by atoms with Crippen molar-refractivity contribution in [2.24, 2.45) is 5.92 Å². The topological polar surface area (TPSA) is 3.24 Å². The van der Waals surface area contributed by atoms with Crippen molar-refractivity contribution in [1.29, 1.82) is 0 Å². The van der Waals surface area contributed by atoms with E-state index in [9.17, 15) is 0 Å². The van der Waals surface area contributed by atoms with Crippen LogP contribution in [-0.2, 0) is 0 Å². The van der Waals surface area contributed by atoms with E-state index in [1.165, 1.54) is 32.2 Å². The van der Waals surface area contributed by atoms with Crippen LogP contribution in [0, 0.1) is 5.92 Å². The zero-order valence-corrected chi connectivity index (χ0v) is 18.6. The third-order valence-corrected chi connectivity index (χ3v) is 7.71. The van der Waals surface area contributed by atoms with Crippen molar-refractivity contribution in [3.63, 3.8) is 0 Å². The molecular weight excluding hydrogens is 382 g/mol. The maximum atomic E-state index is 2.49. The number of thiophene rings is 1. The van der Waals surface area contributed by atoms with Crippen LogP contribution in [0.4, 0.5) is 0 Å². The predicted molar refractivity (Wildman–Crippen MR) is 129 cm³/mol. The van der Waals surface area contributed by atoms with Crippen molar-refractivity contribution >= 4 is 16.9 Å². The van der Waals surface area contributed by atoms with E-state index in [1.807, 2.05) is 11.3 Å². The fourth-order valence-electron chi connectivity index (χ4n) is 4.94. The molecule has 5 rings (SSSR count). The molecule has 1 aromatic heterocycles. The molecule has 2 unspecified atom stereocenters. The molecule has 152 valence electrons. The van der Waals surface area contributed by atoms with Crippen molar-refractivity contribution < 1.29 is 0 Å². The van der Waals surface area contributed by atoms with Crippen LogP contribution in [0.15, 0.2) is 96.4 Å². The minimum absolute atomic E-state index is 0.362. The number of rotatable bonds is 5. The van der Waals surface area contributed by atoms with Gasteiger partial charge in [0.05, 0.1) is 0 Å². The minimum atomic E-state index is 0.362. The molecule has 2 aliphatic heterocycles. The van der Waals surface area contributed by atoms with E-state index in [4.69, 9.17) is 0 Å². The van der Waals surface area contributed by atoms with Crippen LogP contribution in [-0.4, -0.2) is 10.9 Å². The Balaban J connectivity index is 1.54. The highest BCUT2D eigenvalue weighted by Crippen LogP contribution is 2.45. The van der Waals surface area contributed by atoms with E-state index < -0.39 is 0 Å². The summed E-state index contributed by atoms with van der Waals surface area (Å²) >= 11 is 1.99. The van der Waals surface area contributed by atoms with E-state index >= 15 is 0 Å². The number of benzene rings is 1. The lowest BCUT2D eigenvalue weighted by Crippen LogP contribution is -2.29. The predicted octanol–water partition coefficient (Wildman–Crippen LogP) is 7.68. The van der Waals surface area contributed by atoms with E-state index in [2.05, 4.69) is 104 Å². The van der Waals surface area contributed by atoms with Crippen LogP contribution < -0.4 is 0 Å². The van der Waals surface area contributed by atoms with Crippen molar-refractivity contribution in [3.05, 3.63) is 112 Å². The highest BCUT2D eigenvalue weighted by atomic mass is 32.1. The molecule has 1 aliphatic carbocycles. The molecular formula is C28H29NS. The van der Waals surface area contributed by atoms with Gasteiger partial charge in [0.2, 0.25) is 0 Å². The van der Waals surface area contributed by atoms with Gasteiger partial charge in [-0.05, 0) is 60.6 Å². The average Bonchev–Trinajstić information content (AvgIpc) is 3.41. The SMILES string of the molecule is CC(C)C1CC(c2ccc(C(C3=CC=CCC3)c3ccccc3)s2)=C2C=CC=CN21. The molecule has 0 N–H and O–H groups in total. The van der Waals surface area contributed by atoms with Gasteiger partial charge in [0.15, 0.2) is 0 Å². The molecule has 30 heavy (non-hydrogen) atoms. The van der Waals surface area contributed by atoms with Gasteiger partial charge in [-0.25, -0.2) is 0 Å². The van der Waals surface area contributed by atoms with Gasteiger partial charge in [-0.15, -0.1) is 11.3 Å². The number of hydrogen-bond donors (Lipinski definition) is 0. The van der Waals surface area contributed by atoms with Gasteiger partial charge in [0.25, 0.3) is 0 Å². The van der Waals surface area contributed by atoms with Crippen molar-refractivity contribution in [1.82, 2.24) is 4.90 Å². The Kier molecular flexibility index (Phi) is 5.35. The number of hydrogen-bond acceptors (Lipinski definition) is 2. The van der Waals surface area contributed by atoms with E-state index in [0.717, 1.165) is 19.3 Å². The minimum Gasteiger partial charge on any atom is -0.344 e. The summed E-state index contributed by atoms with van der Waals surface area (Å²) in [7, 11) is 0. The maximum Gasteiger partial charge on any atom is 0.0456 e. The first-order valence-electron chi connectivity index (χ1n) is 11.1. The largest absolute Gasteiger partial charge is 0.344 e. The Labute approximate surface area is 184 Å². The molecule has 2 aromatic rings. The number of allylic oxidation sites excluding steroid dienone is 7. The van der Waals surface area contributed by atoms with Crippen molar-refractivity contribution in [2.75, 3.05) is 0 Å². The quantitative estimate of drug-likeness (QED) is 0.487. The van der Waals surface area contributed by atoms with Gasteiger partial charge in [-0.3, -0.25) is 0 Å². The van der Waals surface area contributed by atoms with Crippen LogP contribution in [0.2, 0.25) is 0 Å². The highest BCUT2D eigenvalue weighted by molar-refractivity contribution is 7.13. The monoisotopic (exact) mass is 411 g/mol. The molecule has 0 radical (unpaired) electrons. The summed E-state index contributed by atoms with van der Waals surface area (Å²) in [5.74, 6) is 0.991. The molecule has 0 saturated carbocycles. The van der Waals surface area contributed by atoms with Crippen molar-refractivity contribution in [2.45, 2.75) is 45.1 Å². The zero-order chi connectivity index (χ0) is 20.5. The second kappa shape index (κ2) is 8.28. The summed E-state index contributed by atoms with van der Waals surface area (Å²) in [6, 6.07) is 16.3. The van der Waals surface area contributed by atoms with Gasteiger partial charge in [-0.1, -0.05) is 74.1 Å². The van der Waals surface area contributed by atoms with E-state index in [1.54, 1.807) is 0 Å². The summed E-state index contributed by atoms with van der Waals surface area (Å²) < 4.78 is 0. The zero-order valence-electron chi connectivity index (χ0n) is 17.8. The number of fused-ring (bicyclic) bond motifs is 1. The maximum absolute atomic E-state index is 2.49. The molecule has 0 amide bonds. The van der Waals surface area contributed by atoms with Crippen LogP contribution in [0.1, 0.15) is 54.3 Å². The van der Waals surface area contributed by atoms with Gasteiger partial charge in [0.1, 0.15) is 0 Å². The summed E-state index contributed by atoms with van der Waals surface area (Å²) in [5, 5.41) is 0. The Bertz CT molecular complexity index is 1060. The second-order valence-corrected chi connectivity index (χ2v) is 9.86. The van der Waals surface area contributed by atoms with Crippen LogP contribution in [0.5, 0.6) is 0 Å². The lowest BCUT2D eigenvalue weighted by molar-refractivity contribution is 0.298. The fourth-order valence-corrected chi connectivity index (χ4v) is 6.18. The molecule has 0 spiro atoms. The molecule has 3 aliphatic rings. The molecule has 3 heterocycles. The van der Waals surface area contributed by atoms with Gasteiger partial charge in [0, 0.05) is 33.6 Å². The first-order valence-corrected chi connectivity index (χ1v) is 11.9. The summed E-state index contributed by atoms with van der Waals surface area (Å²) in [4.78, 5) is 5.38. The first-order chi connectivity index (χ1) is 14.7. The van der Waals surface area contributed by atoms with E-state index in [-0.39, 0.29) is 0 Å². The third-order valence-electron chi connectivity index (χ3n) is 6.50. The highest BCUT2D eigenvalue weighted by Gasteiger charge is 2.33. The van der Waals surface area contributed by atoms with Crippen LogP contribution in [0.25, 0.3) is 5.57 Å². The third kappa shape index (κ3) is 3.54. The van der Waals surface area contributed by atoms with Crippen LogP contribution >= 0.6 is 11.3 Å². The lowest BCUT2D eigenvalue weighted by Gasteiger charge is -2.29. The fraction of sp³-hybridized carbons (Fsp3) is 0.286. The molecule has 2 heteroatoms. The standard InChI is InChI=1S/C28H29NS/c1-20(2)25-19-23(24-15-9-10-18-29(24)25)26-16-17-27(30-26)28(21-11-5-3-6-12-21)22-13-7-4-8-14-22/h3-7,9-13,15-18,20,25,28H,8,14,19H2,1-2H3. The Morgan fingerprint density at radius 3 is 2.63 bits per heavy atom. The normalized spacial score (nSPS) is 21.4. The smallest absolute Gasteiger partial charge is 0.0456 e. The number of nitrogens with zero attached hydrogens (tertiary/aromatic N) is 1. The Morgan fingerprint density at radius 1 is 1.00 bits per heavy atom. The molecule has 2 atom stereocenters. The molecule has 1 nitrogen and oxygen atoms in total. The molecule has 0 fully saturated rings. The Morgan fingerprint density at radius 2 is 1.87 bits per heavy atom. The molecule has 1 aromatic carbocycles. The summed E-state index contributed by atoms with van der Waals surface area (Å²) in [6.45, 7) is 4.68. The molecule has 0 saturated heterocycles. The first kappa shape index (κ1) is 19.4. The van der Waals surface area contributed by atoms with Crippen LogP contribution in [0.3, 0.4) is 0 Å². The average molecular weight is 412 g/mol. The second-order valence-electron chi connectivity index (χ2n) is 8.74. The lowest BCUT2D eigenvalue weighted by atomic mass is 9.85. The molecule has 0 bridgehead atoms. The van der Waals surface area contributed by atoms with Gasteiger partial charge < -0.3 is 4.90 Å². The van der Waals surface area contributed by atoms with Crippen molar-refractivity contribution in [3.8, 4) is 0 Å². The van der Waals surface area contributed by atoms with E-state index in [0.29, 0.717) is 17.9 Å². The summed E-state index contributed by atoms with van der Waals surface area (Å²) in [5.41, 5.74) is 5.83.